The molecule has 2 N–H and O–H groups in total. The van der Waals surface area contributed by atoms with Gasteiger partial charge in [0.1, 0.15) is 0 Å². The molecule has 0 aromatic rings. The van der Waals surface area contributed by atoms with Crippen LogP contribution in [0.3, 0.4) is 0 Å². The summed E-state index contributed by atoms with van der Waals surface area (Å²) < 4.78 is 0. The van der Waals surface area contributed by atoms with Crippen LogP contribution in [-0.2, 0) is 0 Å². The SMILES string of the molecule is [CH2]CCO.[Na+].[OH-]. The molecule has 0 atom stereocenters. The monoisotopic (exact) mass is 99.0 g/mol. The molecule has 0 rings (SSSR count). The summed E-state index contributed by atoms with van der Waals surface area (Å²) in [4.78, 5) is 0. The van der Waals surface area contributed by atoms with Crippen molar-refractivity contribution in [2.75, 3.05) is 6.61 Å². The quantitative estimate of drug-likeness (QED) is 0.357. The minimum atomic E-state index is 0. The minimum absolute atomic E-state index is 0. The van der Waals surface area contributed by atoms with Gasteiger partial charge in [-0.25, -0.2) is 0 Å². The topological polar surface area (TPSA) is 50.2 Å². The molecule has 0 aliphatic carbocycles. The Morgan fingerprint density at radius 3 is 1.67 bits per heavy atom. The first-order valence-electron chi connectivity index (χ1n) is 1.32. The first-order valence-corrected chi connectivity index (χ1v) is 1.32. The van der Waals surface area contributed by atoms with Gasteiger partial charge >= 0.3 is 29.6 Å². The fourth-order valence-corrected chi connectivity index (χ4v) is 0. The van der Waals surface area contributed by atoms with Crippen molar-refractivity contribution in [2.45, 2.75) is 6.42 Å². The van der Waals surface area contributed by atoms with Crippen LogP contribution in [0.5, 0.6) is 0 Å². The molecule has 0 bridgehead atoms. The molecule has 0 aromatic heterocycles. The van der Waals surface area contributed by atoms with E-state index in [1.165, 1.54) is 0 Å². The second kappa shape index (κ2) is 16.8. The third-order valence-corrected chi connectivity index (χ3v) is 0.158. The number of aliphatic hydroxyl groups excluding tert-OH is 1. The van der Waals surface area contributed by atoms with Crippen LogP contribution in [0.1, 0.15) is 6.42 Å². The summed E-state index contributed by atoms with van der Waals surface area (Å²) in [6, 6.07) is 0. The Morgan fingerprint density at radius 2 is 1.67 bits per heavy atom. The van der Waals surface area contributed by atoms with Gasteiger partial charge in [0, 0.05) is 6.61 Å². The standard InChI is InChI=1S/C3H7O.Na.H2O/c1-2-3-4;;/h4H,1-3H2;;1H2/q;+1;/p-1. The van der Waals surface area contributed by atoms with Gasteiger partial charge in [-0.3, -0.25) is 0 Å². The molecule has 0 spiro atoms. The van der Waals surface area contributed by atoms with Crippen molar-refractivity contribution in [1.82, 2.24) is 0 Å². The second-order valence-corrected chi connectivity index (χ2v) is 0.577. The Kier molecular flexibility index (Phi) is 44.2. The summed E-state index contributed by atoms with van der Waals surface area (Å²) in [5.41, 5.74) is 0. The van der Waals surface area contributed by atoms with Crippen molar-refractivity contribution in [3.63, 3.8) is 0 Å². The maximum Gasteiger partial charge on any atom is 1.00 e. The molecule has 0 saturated carbocycles. The van der Waals surface area contributed by atoms with E-state index >= 15 is 0 Å². The zero-order valence-corrected chi connectivity index (χ0v) is 6.02. The molecule has 3 heteroatoms. The van der Waals surface area contributed by atoms with Gasteiger partial charge in [0.15, 0.2) is 0 Å². The summed E-state index contributed by atoms with van der Waals surface area (Å²) in [7, 11) is 0. The van der Waals surface area contributed by atoms with Crippen LogP contribution in [0.2, 0.25) is 0 Å². The van der Waals surface area contributed by atoms with E-state index in [2.05, 4.69) is 6.92 Å². The van der Waals surface area contributed by atoms with Gasteiger partial charge in [0.05, 0.1) is 0 Å². The van der Waals surface area contributed by atoms with Crippen LogP contribution in [0.25, 0.3) is 0 Å². The third-order valence-electron chi connectivity index (χ3n) is 0.158. The van der Waals surface area contributed by atoms with Crippen molar-refractivity contribution in [3.05, 3.63) is 6.92 Å². The zero-order valence-electron chi connectivity index (χ0n) is 4.02. The molecule has 33 valence electrons. The molecule has 0 saturated heterocycles. The molecule has 0 amide bonds. The minimum Gasteiger partial charge on any atom is -0.870 e. The van der Waals surface area contributed by atoms with Crippen LogP contribution in [0, 0.1) is 6.92 Å². The fourth-order valence-electron chi connectivity index (χ4n) is 0. The smallest absolute Gasteiger partial charge is 0.870 e. The van der Waals surface area contributed by atoms with Gasteiger partial charge < -0.3 is 10.6 Å². The molecule has 0 heterocycles. The van der Waals surface area contributed by atoms with Crippen LogP contribution >= 0.6 is 0 Å². The van der Waals surface area contributed by atoms with E-state index in [0.29, 0.717) is 6.42 Å². The van der Waals surface area contributed by atoms with Gasteiger partial charge in [-0.15, -0.1) is 0 Å². The van der Waals surface area contributed by atoms with Crippen molar-refractivity contribution in [3.8, 4) is 0 Å². The maximum absolute atomic E-state index is 7.81. The molecule has 0 aliphatic rings. The molecule has 0 fully saturated rings. The van der Waals surface area contributed by atoms with Crippen molar-refractivity contribution >= 4 is 0 Å². The van der Waals surface area contributed by atoms with E-state index in [0.717, 1.165) is 0 Å². The summed E-state index contributed by atoms with van der Waals surface area (Å²) in [5, 5.41) is 7.81. The Balaban J connectivity index is -0.0000000450. The summed E-state index contributed by atoms with van der Waals surface area (Å²) in [5.74, 6) is 0. The van der Waals surface area contributed by atoms with Crippen LogP contribution in [-0.4, -0.2) is 17.2 Å². The van der Waals surface area contributed by atoms with Crippen LogP contribution in [0.15, 0.2) is 0 Å². The molecule has 0 aromatic carbocycles. The fraction of sp³-hybridized carbons (Fsp3) is 0.667. The average molecular weight is 99.1 g/mol. The van der Waals surface area contributed by atoms with E-state index in [-0.39, 0.29) is 41.6 Å². The number of aliphatic hydroxyl groups is 1. The first kappa shape index (κ1) is 15.8. The van der Waals surface area contributed by atoms with Crippen molar-refractivity contribution in [1.29, 1.82) is 0 Å². The summed E-state index contributed by atoms with van der Waals surface area (Å²) in [6.45, 7) is 3.56. The first-order chi connectivity index (χ1) is 1.91. The Bertz CT molecular complexity index is 10.8. The van der Waals surface area contributed by atoms with Crippen LogP contribution < -0.4 is 29.6 Å². The van der Waals surface area contributed by atoms with E-state index in [4.69, 9.17) is 5.11 Å². The van der Waals surface area contributed by atoms with E-state index in [9.17, 15) is 0 Å². The summed E-state index contributed by atoms with van der Waals surface area (Å²) >= 11 is 0. The van der Waals surface area contributed by atoms with Gasteiger partial charge in [-0.05, 0) is 6.42 Å². The van der Waals surface area contributed by atoms with E-state index in [1.54, 1.807) is 0 Å². The Labute approximate surface area is 60.2 Å². The second-order valence-electron chi connectivity index (χ2n) is 0.577. The van der Waals surface area contributed by atoms with Crippen molar-refractivity contribution < 1.29 is 40.1 Å². The number of hydrogen-bond donors (Lipinski definition) is 1. The Hall–Kier alpha value is 0.920. The van der Waals surface area contributed by atoms with Gasteiger partial charge in [0.2, 0.25) is 0 Å². The largest absolute Gasteiger partial charge is 1.00 e. The molecular weight excluding hydrogens is 91.0 g/mol. The zero-order chi connectivity index (χ0) is 3.41. The van der Waals surface area contributed by atoms with Gasteiger partial charge in [-0.2, -0.15) is 0 Å². The predicted molar refractivity (Wildman–Crippen MR) is 19.0 cm³/mol. The van der Waals surface area contributed by atoms with Crippen molar-refractivity contribution in [2.24, 2.45) is 0 Å². The van der Waals surface area contributed by atoms with Crippen LogP contribution in [0.4, 0.5) is 0 Å². The van der Waals surface area contributed by atoms with Gasteiger partial charge in [-0.1, -0.05) is 6.92 Å². The average Bonchev–Trinajstić information content (AvgIpc) is 1.37. The molecule has 0 aliphatic heterocycles. The molecule has 2 nitrogen and oxygen atoms in total. The molecule has 0 unspecified atom stereocenters. The normalized spacial score (nSPS) is 5.00. The summed E-state index contributed by atoms with van der Waals surface area (Å²) in [6.07, 6.45) is 0.625. The van der Waals surface area contributed by atoms with E-state index < -0.39 is 0 Å². The number of hydrogen-bond acceptors (Lipinski definition) is 2. The predicted octanol–water partition coefficient (Wildman–Crippen LogP) is -2.97. The maximum atomic E-state index is 7.81. The van der Waals surface area contributed by atoms with E-state index in [1.807, 2.05) is 0 Å². The molecule has 1 radical (unpaired) electrons. The van der Waals surface area contributed by atoms with Gasteiger partial charge in [0.25, 0.3) is 0 Å². The number of rotatable bonds is 1. The third kappa shape index (κ3) is 20.5. The molecular formula is C3H8NaO2. The molecule has 6 heavy (non-hydrogen) atoms. The Morgan fingerprint density at radius 1 is 1.50 bits per heavy atom.